The Bertz CT molecular complexity index is 949. The molecule has 0 bridgehead atoms. The third-order valence-electron chi connectivity index (χ3n) is 3.23. The molecule has 2 rings (SSSR count). The highest BCUT2D eigenvalue weighted by molar-refractivity contribution is 7.66. The van der Waals surface area contributed by atoms with Crippen molar-refractivity contribution < 1.29 is 65.8 Å². The number of phosphoric acid groups is 3. The zero-order chi connectivity index (χ0) is 22.2. The molecule has 3 unspecified atom stereocenters. The summed E-state index contributed by atoms with van der Waals surface area (Å²) in [6.45, 7) is -1.08. The van der Waals surface area contributed by atoms with Crippen LogP contribution in [-0.2, 0) is 31.6 Å². The third kappa shape index (κ3) is 6.80. The molecule has 0 radical (unpaired) electrons. The minimum atomic E-state index is -5.74. The third-order valence-corrected chi connectivity index (χ3v) is 7.03. The van der Waals surface area contributed by atoms with Crippen LogP contribution < -0.4 is 5.56 Å². The van der Waals surface area contributed by atoms with E-state index in [1.54, 1.807) is 4.98 Å². The molecule has 29 heavy (non-hydrogen) atoms. The Kier molecular flexibility index (Phi) is 7.30. The average molecular weight is 486 g/mol. The number of hydrogen-bond acceptors (Lipinski definition) is 11. The Hall–Kier alpha value is -0.900. The number of nitrogens with zero attached hydrogens (tertiary/aromatic N) is 1. The van der Waals surface area contributed by atoms with Gasteiger partial charge in [0.15, 0.2) is 0 Å². The molecule has 1 saturated heterocycles. The highest BCUT2D eigenvalue weighted by Gasteiger charge is 2.47. The van der Waals surface area contributed by atoms with Gasteiger partial charge in [-0.3, -0.25) is 14.3 Å². The van der Waals surface area contributed by atoms with Crippen LogP contribution in [0.25, 0.3) is 0 Å². The summed E-state index contributed by atoms with van der Waals surface area (Å²) in [6.07, 6.45) is -6.23. The molecule has 1 aromatic rings. The van der Waals surface area contributed by atoms with E-state index in [1.165, 1.54) is 0 Å². The van der Waals surface area contributed by atoms with Gasteiger partial charge in [0.05, 0.1) is 12.8 Å². The van der Waals surface area contributed by atoms with Gasteiger partial charge in [-0.05, 0) is 0 Å². The van der Waals surface area contributed by atoms with Crippen molar-refractivity contribution in [2.75, 3.05) is 6.61 Å². The van der Waals surface area contributed by atoms with Crippen LogP contribution in [0.1, 0.15) is 11.8 Å². The molecule has 16 nitrogen and oxygen atoms in total. The molecule has 7 N–H and O–H groups in total. The predicted molar refractivity (Wildman–Crippen MR) is 84.3 cm³/mol. The number of nitrogens with one attached hydrogen (secondary N) is 1. The average Bonchev–Trinajstić information content (AvgIpc) is 2.78. The molecule has 166 valence electrons. The molecule has 1 aliphatic heterocycles. The summed E-state index contributed by atoms with van der Waals surface area (Å²) in [5.74, 6) is -1.28. The summed E-state index contributed by atoms with van der Waals surface area (Å²) in [6, 6.07) is 0. The van der Waals surface area contributed by atoms with Crippen molar-refractivity contribution in [3.05, 3.63) is 28.2 Å². The first kappa shape index (κ1) is 24.4. The zero-order valence-corrected chi connectivity index (χ0v) is 16.4. The molecule has 0 spiro atoms. The van der Waals surface area contributed by atoms with E-state index >= 15 is 0 Å². The van der Waals surface area contributed by atoms with Gasteiger partial charge in [-0.25, -0.2) is 18.7 Å². The normalized spacial score (nSPS) is 29.3. The number of phosphoric ester groups is 1. The fourth-order valence-corrected chi connectivity index (χ4v) is 5.20. The summed E-state index contributed by atoms with van der Waals surface area (Å²) < 4.78 is 63.5. The van der Waals surface area contributed by atoms with E-state index in [2.05, 4.69) is 18.1 Å². The van der Waals surface area contributed by atoms with Gasteiger partial charge in [-0.2, -0.15) is 13.0 Å². The van der Waals surface area contributed by atoms with E-state index < -0.39 is 71.7 Å². The molecule has 0 amide bonds. The number of H-pyrrole nitrogens is 1. The lowest BCUT2D eigenvalue weighted by Crippen LogP contribution is -2.33. The topological polar surface area (TPSA) is 255 Å². The second kappa shape index (κ2) is 8.69. The molecule has 2 heterocycles. The lowest BCUT2D eigenvalue weighted by atomic mass is 10.1. The standard InChI is InChI=1S/C9H14FN2O14P3/c10-9-5(11-1-4(13)12-9)8-7(15)6(14)3(24-8)2-23-28(19,20)26-29(21,22)25-27(16,17)18/h1,3,6-8,14-15H,2H2,(H,12,13)(H,19,20)(H,21,22)(H2,16,17,18)/t3-,6?,7+,8+/m1/s1. The number of rotatable bonds is 8. The largest absolute Gasteiger partial charge is 0.490 e. The Balaban J connectivity index is 2.05. The van der Waals surface area contributed by atoms with E-state index in [0.717, 1.165) is 0 Å². The maximum atomic E-state index is 13.8. The summed E-state index contributed by atoms with van der Waals surface area (Å²) >= 11 is 0. The maximum Gasteiger partial charge on any atom is 0.490 e. The van der Waals surface area contributed by atoms with Crippen LogP contribution in [0.3, 0.4) is 0 Å². The monoisotopic (exact) mass is 486 g/mol. The smallest absolute Gasteiger partial charge is 0.387 e. The summed E-state index contributed by atoms with van der Waals surface area (Å²) in [5, 5.41) is 19.8. The Labute approximate surface area is 159 Å². The minimum absolute atomic E-state index is 0.600. The number of aromatic nitrogens is 2. The lowest BCUT2D eigenvalue weighted by molar-refractivity contribution is -0.0247. The van der Waals surface area contributed by atoms with Crippen LogP contribution in [0.5, 0.6) is 0 Å². The van der Waals surface area contributed by atoms with Crippen molar-refractivity contribution in [3.8, 4) is 0 Å². The Morgan fingerprint density at radius 2 is 1.72 bits per heavy atom. The highest BCUT2D eigenvalue weighted by atomic mass is 31.3. The number of aliphatic hydroxyl groups excluding tert-OH is 2. The van der Waals surface area contributed by atoms with E-state index in [4.69, 9.17) is 19.4 Å². The molecule has 20 heteroatoms. The fourth-order valence-electron chi connectivity index (χ4n) is 2.17. The number of hydrogen-bond donors (Lipinski definition) is 7. The minimum Gasteiger partial charge on any atom is -0.387 e. The molecular weight excluding hydrogens is 472 g/mol. The fraction of sp³-hybridized carbons (Fsp3) is 0.556. The SMILES string of the molecule is O=c1cnc([C@@H]2O[C@H](COP(=O)(O)OP(=O)(O)OP(=O)(O)O)C(O)[C@@H]2O)c(F)[nH]1. The van der Waals surface area contributed by atoms with Crippen LogP contribution in [0.4, 0.5) is 4.39 Å². The summed E-state index contributed by atoms with van der Waals surface area (Å²) in [4.78, 5) is 51.3. The number of aliphatic hydroxyl groups is 2. The second-order valence-electron chi connectivity index (χ2n) is 5.41. The maximum absolute atomic E-state index is 13.8. The molecule has 0 aliphatic carbocycles. The van der Waals surface area contributed by atoms with Gasteiger partial charge < -0.3 is 34.5 Å². The number of ether oxygens (including phenoxy) is 1. The van der Waals surface area contributed by atoms with E-state index in [1.807, 2.05) is 0 Å². The Morgan fingerprint density at radius 3 is 2.28 bits per heavy atom. The van der Waals surface area contributed by atoms with E-state index in [0.29, 0.717) is 6.20 Å². The number of aromatic amines is 1. The van der Waals surface area contributed by atoms with Gasteiger partial charge >= 0.3 is 23.5 Å². The molecule has 0 aromatic carbocycles. The van der Waals surface area contributed by atoms with Gasteiger partial charge in [-0.15, -0.1) is 0 Å². The van der Waals surface area contributed by atoms with Gasteiger partial charge in [0.25, 0.3) is 5.56 Å². The molecule has 0 saturated carbocycles. The van der Waals surface area contributed by atoms with Gasteiger partial charge in [0.1, 0.15) is 30.1 Å². The van der Waals surface area contributed by atoms with Crippen molar-refractivity contribution >= 4 is 23.5 Å². The Morgan fingerprint density at radius 1 is 1.10 bits per heavy atom. The molecule has 1 fully saturated rings. The molecule has 6 atom stereocenters. The van der Waals surface area contributed by atoms with Crippen molar-refractivity contribution in [1.82, 2.24) is 9.97 Å². The summed E-state index contributed by atoms with van der Waals surface area (Å²) in [5.41, 5.74) is -1.50. The quantitative estimate of drug-likeness (QED) is 0.205. The highest BCUT2D eigenvalue weighted by Crippen LogP contribution is 2.66. The van der Waals surface area contributed by atoms with Crippen molar-refractivity contribution in [2.45, 2.75) is 24.4 Å². The van der Waals surface area contributed by atoms with Crippen LogP contribution in [-0.4, -0.2) is 64.7 Å². The molecule has 1 aliphatic rings. The van der Waals surface area contributed by atoms with Crippen LogP contribution in [0, 0.1) is 5.95 Å². The van der Waals surface area contributed by atoms with E-state index in [9.17, 15) is 38.0 Å². The van der Waals surface area contributed by atoms with Crippen LogP contribution in [0.15, 0.2) is 11.0 Å². The molecule has 1 aromatic heterocycles. The molecular formula is C9H14FN2O14P3. The van der Waals surface area contributed by atoms with Crippen LogP contribution in [0.2, 0.25) is 0 Å². The lowest BCUT2D eigenvalue weighted by Gasteiger charge is -2.19. The first-order chi connectivity index (χ1) is 13.1. The first-order valence-electron chi connectivity index (χ1n) is 7.15. The predicted octanol–water partition coefficient (Wildman–Crippen LogP) is -1.59. The van der Waals surface area contributed by atoms with Crippen molar-refractivity contribution in [1.29, 1.82) is 0 Å². The first-order valence-corrected chi connectivity index (χ1v) is 11.7. The second-order valence-corrected chi connectivity index (χ2v) is 9.83. The summed E-state index contributed by atoms with van der Waals surface area (Å²) in [7, 11) is -16.8. The van der Waals surface area contributed by atoms with E-state index in [-0.39, 0.29) is 0 Å². The van der Waals surface area contributed by atoms with Gasteiger partial charge in [-0.1, -0.05) is 0 Å². The van der Waals surface area contributed by atoms with Crippen molar-refractivity contribution in [3.63, 3.8) is 0 Å². The van der Waals surface area contributed by atoms with Crippen molar-refractivity contribution in [2.24, 2.45) is 0 Å². The number of halogens is 1. The zero-order valence-electron chi connectivity index (χ0n) is 13.7. The van der Waals surface area contributed by atoms with Crippen LogP contribution >= 0.6 is 23.5 Å². The van der Waals surface area contributed by atoms with Gasteiger partial charge in [0.2, 0.25) is 5.95 Å². The van der Waals surface area contributed by atoms with Gasteiger partial charge in [0, 0.05) is 0 Å².